The lowest BCUT2D eigenvalue weighted by atomic mass is 10.9. The van der Waals surface area contributed by atoms with Crippen LogP contribution in [0, 0.1) is 0 Å². The molecule has 0 unspecified atom stereocenters. The summed E-state index contributed by atoms with van der Waals surface area (Å²) in [6.45, 7) is 6.21. The zero-order valence-electron chi connectivity index (χ0n) is 6.02. The van der Waals surface area contributed by atoms with E-state index in [1.165, 1.54) is 0 Å². The molecule has 0 aromatic rings. The lowest BCUT2D eigenvalue weighted by molar-refractivity contribution is 0.601. The molecular formula is C6H16OP+. The summed E-state index contributed by atoms with van der Waals surface area (Å²) in [6.07, 6.45) is 2.96. The van der Waals surface area contributed by atoms with Crippen LogP contribution in [0.5, 0.6) is 0 Å². The second-order valence-corrected chi connectivity index (χ2v) is 6.13. The molecule has 0 fully saturated rings. The van der Waals surface area contributed by atoms with E-state index in [4.69, 9.17) is 0 Å². The average molecular weight is 135 g/mol. The Hall–Kier alpha value is 0.390. The highest BCUT2D eigenvalue weighted by Gasteiger charge is 2.26. The highest BCUT2D eigenvalue weighted by atomic mass is 31.2. The maximum atomic E-state index is 9.55. The summed E-state index contributed by atoms with van der Waals surface area (Å²) in [4.78, 5) is 9.55. The molecule has 0 spiro atoms. The summed E-state index contributed by atoms with van der Waals surface area (Å²) in [5, 5.41) is 0. The van der Waals surface area contributed by atoms with Crippen molar-refractivity contribution >= 4 is 7.49 Å². The number of rotatable bonds is 3. The topological polar surface area (TPSA) is 20.2 Å². The van der Waals surface area contributed by atoms with Gasteiger partial charge in [-0.3, -0.25) is 4.89 Å². The molecule has 50 valence electrons. The van der Waals surface area contributed by atoms with Gasteiger partial charge in [0.15, 0.2) is 0 Å². The average Bonchev–Trinajstić information content (AvgIpc) is 1.87. The normalized spacial score (nSPS) is 12.0. The molecule has 0 heterocycles. The van der Waals surface area contributed by atoms with E-state index in [0.29, 0.717) is 0 Å². The van der Waals surface area contributed by atoms with Crippen LogP contribution in [0.15, 0.2) is 0 Å². The summed E-state index contributed by atoms with van der Waals surface area (Å²) in [5.41, 5.74) is 0. The Morgan fingerprint density at radius 1 is 1.00 bits per heavy atom. The summed E-state index contributed by atoms with van der Waals surface area (Å²) in [7, 11) is -1.41. The highest BCUT2D eigenvalue weighted by Crippen LogP contribution is 2.52. The molecule has 0 aliphatic carbocycles. The highest BCUT2D eigenvalue weighted by molar-refractivity contribution is 7.70. The van der Waals surface area contributed by atoms with Gasteiger partial charge in [-0.05, 0) is 20.8 Å². The first-order chi connectivity index (χ1) is 3.68. The lowest BCUT2D eigenvalue weighted by Crippen LogP contribution is -1.99. The zero-order valence-corrected chi connectivity index (χ0v) is 6.91. The Morgan fingerprint density at radius 3 is 1.25 bits per heavy atom. The van der Waals surface area contributed by atoms with Crippen LogP contribution in [0.3, 0.4) is 0 Å². The Kier molecular flexibility index (Phi) is 3.59. The van der Waals surface area contributed by atoms with E-state index in [2.05, 4.69) is 20.8 Å². The van der Waals surface area contributed by atoms with E-state index in [-0.39, 0.29) is 0 Å². The van der Waals surface area contributed by atoms with Gasteiger partial charge in [0.2, 0.25) is 0 Å². The predicted molar refractivity (Wildman–Crippen MR) is 40.8 cm³/mol. The molecule has 0 saturated heterocycles. The first-order valence-corrected chi connectivity index (χ1v) is 5.57. The van der Waals surface area contributed by atoms with Crippen LogP contribution in [0.4, 0.5) is 0 Å². The van der Waals surface area contributed by atoms with Crippen LogP contribution in [0.25, 0.3) is 0 Å². The minimum Gasteiger partial charge on any atom is -0.252 e. The van der Waals surface area contributed by atoms with Gasteiger partial charge in [-0.25, -0.2) is 0 Å². The molecule has 0 saturated carbocycles. The fourth-order valence-corrected chi connectivity index (χ4v) is 2.01. The molecule has 0 rings (SSSR count). The predicted octanol–water partition coefficient (Wildman–Crippen LogP) is 1.97. The van der Waals surface area contributed by atoms with Gasteiger partial charge in [-0.15, -0.1) is 0 Å². The monoisotopic (exact) mass is 135 g/mol. The standard InChI is InChI=1S/C6H16OP/c1-4-8(7,5-2)6-3/h7H,4-6H2,1-3H3/q+1. The molecule has 0 aromatic heterocycles. The van der Waals surface area contributed by atoms with Gasteiger partial charge in [-0.1, -0.05) is 0 Å². The Morgan fingerprint density at radius 2 is 1.25 bits per heavy atom. The van der Waals surface area contributed by atoms with Crippen molar-refractivity contribution in [2.45, 2.75) is 20.8 Å². The SMILES string of the molecule is CC[P+](O)(CC)CC. The largest absolute Gasteiger partial charge is 0.252 e. The van der Waals surface area contributed by atoms with E-state index in [9.17, 15) is 4.89 Å². The molecular weight excluding hydrogens is 119 g/mol. The number of hydrogen-bond acceptors (Lipinski definition) is 1. The van der Waals surface area contributed by atoms with Crippen molar-refractivity contribution < 1.29 is 4.89 Å². The first kappa shape index (κ1) is 8.39. The van der Waals surface area contributed by atoms with Gasteiger partial charge >= 0.3 is 0 Å². The van der Waals surface area contributed by atoms with E-state index >= 15 is 0 Å². The molecule has 2 heteroatoms. The van der Waals surface area contributed by atoms with Gasteiger partial charge in [0, 0.05) is 0 Å². The minimum absolute atomic E-state index is 0.986. The van der Waals surface area contributed by atoms with Crippen molar-refractivity contribution in [1.29, 1.82) is 0 Å². The number of hydrogen-bond donors (Lipinski definition) is 1. The lowest BCUT2D eigenvalue weighted by Gasteiger charge is -2.12. The third-order valence-electron chi connectivity index (χ3n) is 1.77. The van der Waals surface area contributed by atoms with Crippen molar-refractivity contribution in [3.05, 3.63) is 0 Å². The maximum Gasteiger partial charge on any atom is 0.141 e. The van der Waals surface area contributed by atoms with Crippen molar-refractivity contribution in [3.8, 4) is 0 Å². The first-order valence-electron chi connectivity index (χ1n) is 3.27. The van der Waals surface area contributed by atoms with Crippen molar-refractivity contribution in [1.82, 2.24) is 0 Å². The van der Waals surface area contributed by atoms with Crippen LogP contribution in [0.2, 0.25) is 0 Å². The van der Waals surface area contributed by atoms with E-state index in [1.54, 1.807) is 0 Å². The van der Waals surface area contributed by atoms with Crippen LogP contribution in [-0.4, -0.2) is 23.4 Å². The second kappa shape index (κ2) is 3.42. The summed E-state index contributed by atoms with van der Waals surface area (Å²) >= 11 is 0. The van der Waals surface area contributed by atoms with Crippen molar-refractivity contribution in [2.75, 3.05) is 18.5 Å². The van der Waals surface area contributed by atoms with Gasteiger partial charge in [-0.2, -0.15) is 0 Å². The van der Waals surface area contributed by atoms with Crippen LogP contribution in [0.1, 0.15) is 20.8 Å². The molecule has 0 radical (unpaired) electrons. The van der Waals surface area contributed by atoms with E-state index < -0.39 is 7.49 Å². The Balaban J connectivity index is 3.58. The molecule has 1 N–H and O–H groups in total. The molecule has 0 aromatic carbocycles. The third-order valence-corrected chi connectivity index (χ3v) is 5.30. The molecule has 0 bridgehead atoms. The summed E-state index contributed by atoms with van der Waals surface area (Å²) in [5.74, 6) is 0. The fraction of sp³-hybridized carbons (Fsp3) is 1.00. The molecule has 1 nitrogen and oxygen atoms in total. The van der Waals surface area contributed by atoms with Gasteiger partial charge in [0.1, 0.15) is 7.49 Å². The molecule has 0 aliphatic heterocycles. The van der Waals surface area contributed by atoms with Crippen molar-refractivity contribution in [3.63, 3.8) is 0 Å². The van der Waals surface area contributed by atoms with Crippen LogP contribution < -0.4 is 0 Å². The Labute approximate surface area is 52.5 Å². The molecule has 0 amide bonds. The summed E-state index contributed by atoms with van der Waals surface area (Å²) in [6, 6.07) is 0. The van der Waals surface area contributed by atoms with Gasteiger partial charge in [0.25, 0.3) is 0 Å². The Bertz CT molecular complexity index is 51.3. The molecule has 8 heavy (non-hydrogen) atoms. The fourth-order valence-electron chi connectivity index (χ4n) is 0.671. The second-order valence-electron chi connectivity index (χ2n) is 2.04. The van der Waals surface area contributed by atoms with Crippen LogP contribution in [-0.2, 0) is 0 Å². The van der Waals surface area contributed by atoms with E-state index in [0.717, 1.165) is 18.5 Å². The third kappa shape index (κ3) is 2.11. The molecule has 0 atom stereocenters. The maximum absolute atomic E-state index is 9.55. The van der Waals surface area contributed by atoms with Gasteiger partial charge < -0.3 is 0 Å². The van der Waals surface area contributed by atoms with Gasteiger partial charge in [0.05, 0.1) is 18.5 Å². The van der Waals surface area contributed by atoms with Crippen molar-refractivity contribution in [2.24, 2.45) is 0 Å². The smallest absolute Gasteiger partial charge is 0.141 e. The zero-order chi connectivity index (χ0) is 6.62. The summed E-state index contributed by atoms with van der Waals surface area (Å²) < 4.78 is 0. The minimum atomic E-state index is -1.41. The molecule has 0 aliphatic rings. The quantitative estimate of drug-likeness (QED) is 0.586. The van der Waals surface area contributed by atoms with Crippen LogP contribution >= 0.6 is 7.49 Å². The van der Waals surface area contributed by atoms with E-state index in [1.807, 2.05) is 0 Å².